The number of ether oxygens (including phenoxy) is 1. The maximum atomic E-state index is 5.72. The molecule has 2 N–H and O–H groups in total. The molecule has 0 unspecified atom stereocenters. The van der Waals surface area contributed by atoms with Crippen molar-refractivity contribution in [1.82, 2.24) is 10.1 Å². The van der Waals surface area contributed by atoms with Crippen molar-refractivity contribution in [3.8, 4) is 11.5 Å². The van der Waals surface area contributed by atoms with Crippen molar-refractivity contribution in [2.45, 2.75) is 6.61 Å². The van der Waals surface area contributed by atoms with Crippen molar-refractivity contribution < 1.29 is 9.26 Å². The average Bonchev–Trinajstić information content (AvgIpc) is 2.65. The lowest BCUT2D eigenvalue weighted by molar-refractivity contribution is 0.174. The zero-order chi connectivity index (χ0) is 11.5. The highest BCUT2D eigenvalue weighted by Gasteiger charge is 2.09. The molecule has 1 heterocycles. The number of benzene rings is 1. The molecule has 0 saturated heterocycles. The number of nitrogens with two attached hydrogens (primary N) is 1. The summed E-state index contributed by atoms with van der Waals surface area (Å²) in [5.74, 6) is 0.941. The van der Waals surface area contributed by atoms with E-state index in [0.29, 0.717) is 24.0 Å². The number of halogens is 1. The zero-order valence-electron chi connectivity index (χ0n) is 8.61. The highest BCUT2D eigenvalue weighted by atomic mass is 79.9. The monoisotopic (exact) mass is 283 g/mol. The van der Waals surface area contributed by atoms with Gasteiger partial charge in [-0.15, -0.1) is 0 Å². The second-order valence-electron chi connectivity index (χ2n) is 3.22. The van der Waals surface area contributed by atoms with Crippen LogP contribution in [0.5, 0.6) is 0 Å². The van der Waals surface area contributed by atoms with Crippen LogP contribution < -0.4 is 5.73 Å². The van der Waals surface area contributed by atoms with Crippen molar-refractivity contribution in [3.05, 3.63) is 28.5 Å². The van der Waals surface area contributed by atoms with Gasteiger partial charge in [-0.2, -0.15) is 4.98 Å². The second-order valence-corrected chi connectivity index (χ2v) is 4.14. The van der Waals surface area contributed by atoms with Crippen molar-refractivity contribution in [2.75, 3.05) is 12.8 Å². The molecule has 0 atom stereocenters. The van der Waals surface area contributed by atoms with E-state index in [2.05, 4.69) is 26.1 Å². The summed E-state index contributed by atoms with van der Waals surface area (Å²) < 4.78 is 10.9. The van der Waals surface area contributed by atoms with Gasteiger partial charge in [-0.1, -0.05) is 21.1 Å². The smallest absolute Gasteiger partial charge is 0.258 e. The minimum atomic E-state index is 0.326. The van der Waals surface area contributed by atoms with E-state index in [-0.39, 0.29) is 0 Å². The molecule has 0 fully saturated rings. The summed E-state index contributed by atoms with van der Waals surface area (Å²) in [6, 6.07) is 5.44. The molecule has 0 spiro atoms. The maximum absolute atomic E-state index is 5.72. The van der Waals surface area contributed by atoms with Gasteiger partial charge in [-0.05, 0) is 18.2 Å². The molecule has 0 amide bonds. The van der Waals surface area contributed by atoms with Gasteiger partial charge < -0.3 is 15.0 Å². The molecule has 1 aromatic heterocycles. The highest BCUT2D eigenvalue weighted by molar-refractivity contribution is 9.10. The van der Waals surface area contributed by atoms with Crippen molar-refractivity contribution in [3.63, 3.8) is 0 Å². The Labute approximate surface area is 101 Å². The van der Waals surface area contributed by atoms with E-state index < -0.39 is 0 Å². The summed E-state index contributed by atoms with van der Waals surface area (Å²) in [5.41, 5.74) is 7.13. The standard InChI is InChI=1S/C10H10BrN3O2/c1-15-5-9-13-10(16-14-9)6-2-7(11)4-8(12)3-6/h2-4H,5,12H2,1H3. The Kier molecular flexibility index (Phi) is 3.21. The molecule has 6 heteroatoms. The maximum Gasteiger partial charge on any atom is 0.258 e. The predicted octanol–water partition coefficient (Wildman–Crippen LogP) is 2.23. The van der Waals surface area contributed by atoms with E-state index in [1.807, 2.05) is 6.07 Å². The fraction of sp³-hybridized carbons (Fsp3) is 0.200. The lowest BCUT2D eigenvalue weighted by Gasteiger charge is -1.98. The number of aromatic nitrogens is 2. The summed E-state index contributed by atoms with van der Waals surface area (Å²) in [5, 5.41) is 3.77. The summed E-state index contributed by atoms with van der Waals surface area (Å²) >= 11 is 3.35. The first kappa shape index (κ1) is 11.1. The first-order valence-corrected chi connectivity index (χ1v) is 5.36. The number of nitrogens with zero attached hydrogens (tertiary/aromatic N) is 2. The van der Waals surface area contributed by atoms with Gasteiger partial charge in [-0.25, -0.2) is 0 Å². The molecule has 1 aromatic carbocycles. The fourth-order valence-corrected chi connectivity index (χ4v) is 1.81. The number of rotatable bonds is 3. The summed E-state index contributed by atoms with van der Waals surface area (Å²) in [4.78, 5) is 4.17. The van der Waals surface area contributed by atoms with Gasteiger partial charge in [0.1, 0.15) is 6.61 Å². The number of anilines is 1. The number of nitrogen functional groups attached to an aromatic ring is 1. The lowest BCUT2D eigenvalue weighted by Crippen LogP contribution is -1.90. The Balaban J connectivity index is 2.34. The molecule has 84 valence electrons. The Morgan fingerprint density at radius 2 is 2.25 bits per heavy atom. The van der Waals surface area contributed by atoms with Crippen LogP contribution in [0.2, 0.25) is 0 Å². The Morgan fingerprint density at radius 3 is 2.94 bits per heavy atom. The van der Waals surface area contributed by atoms with Crippen LogP contribution in [0.25, 0.3) is 11.5 Å². The third-order valence-corrected chi connectivity index (χ3v) is 2.37. The first-order chi connectivity index (χ1) is 7.69. The van der Waals surface area contributed by atoms with Gasteiger partial charge in [0.25, 0.3) is 5.89 Å². The van der Waals surface area contributed by atoms with Crippen LogP contribution in [-0.4, -0.2) is 17.3 Å². The van der Waals surface area contributed by atoms with Gasteiger partial charge >= 0.3 is 0 Å². The number of methoxy groups -OCH3 is 1. The molecule has 0 aliphatic carbocycles. The van der Waals surface area contributed by atoms with Crippen LogP contribution in [0.4, 0.5) is 5.69 Å². The molecule has 0 radical (unpaired) electrons. The van der Waals surface area contributed by atoms with Crippen molar-refractivity contribution >= 4 is 21.6 Å². The lowest BCUT2D eigenvalue weighted by atomic mass is 10.2. The predicted molar refractivity (Wildman–Crippen MR) is 62.6 cm³/mol. The van der Waals surface area contributed by atoms with E-state index in [0.717, 1.165) is 10.0 Å². The minimum Gasteiger partial charge on any atom is -0.399 e. The van der Waals surface area contributed by atoms with Crippen molar-refractivity contribution in [1.29, 1.82) is 0 Å². The zero-order valence-corrected chi connectivity index (χ0v) is 10.2. The Bertz CT molecular complexity index is 478. The minimum absolute atomic E-state index is 0.326. The third kappa shape index (κ3) is 2.40. The molecule has 5 nitrogen and oxygen atoms in total. The van der Waals surface area contributed by atoms with Crippen LogP contribution in [0.15, 0.2) is 27.2 Å². The van der Waals surface area contributed by atoms with Gasteiger partial charge in [0, 0.05) is 22.8 Å². The van der Waals surface area contributed by atoms with E-state index in [1.54, 1.807) is 19.2 Å². The summed E-state index contributed by atoms with van der Waals surface area (Å²) in [6.45, 7) is 0.326. The summed E-state index contributed by atoms with van der Waals surface area (Å²) in [6.07, 6.45) is 0. The summed E-state index contributed by atoms with van der Waals surface area (Å²) in [7, 11) is 1.58. The van der Waals surface area contributed by atoms with E-state index in [9.17, 15) is 0 Å². The highest BCUT2D eigenvalue weighted by Crippen LogP contribution is 2.24. The van der Waals surface area contributed by atoms with Crippen LogP contribution >= 0.6 is 15.9 Å². The molecular weight excluding hydrogens is 274 g/mol. The molecule has 0 aliphatic heterocycles. The van der Waals surface area contributed by atoms with Gasteiger partial charge in [-0.3, -0.25) is 0 Å². The second kappa shape index (κ2) is 4.63. The average molecular weight is 284 g/mol. The number of hydrogen-bond acceptors (Lipinski definition) is 5. The topological polar surface area (TPSA) is 74.2 Å². The third-order valence-electron chi connectivity index (χ3n) is 1.91. The van der Waals surface area contributed by atoms with Gasteiger partial charge in [0.15, 0.2) is 5.82 Å². The van der Waals surface area contributed by atoms with Crippen LogP contribution in [0.3, 0.4) is 0 Å². The molecule has 0 saturated carbocycles. The SMILES string of the molecule is COCc1noc(-c2cc(N)cc(Br)c2)n1. The quantitative estimate of drug-likeness (QED) is 0.875. The fourth-order valence-electron chi connectivity index (χ4n) is 1.29. The molecule has 0 bridgehead atoms. The molecule has 0 aliphatic rings. The van der Waals surface area contributed by atoms with E-state index in [4.69, 9.17) is 15.0 Å². The molecule has 16 heavy (non-hydrogen) atoms. The van der Waals surface area contributed by atoms with E-state index >= 15 is 0 Å². The molecule has 2 aromatic rings. The van der Waals surface area contributed by atoms with Gasteiger partial charge in [0.2, 0.25) is 0 Å². The Hall–Kier alpha value is -1.40. The molecular formula is C10H10BrN3O2. The van der Waals surface area contributed by atoms with Crippen molar-refractivity contribution in [2.24, 2.45) is 0 Å². The number of hydrogen-bond donors (Lipinski definition) is 1. The van der Waals surface area contributed by atoms with Crippen LogP contribution in [0, 0.1) is 0 Å². The van der Waals surface area contributed by atoms with E-state index in [1.165, 1.54) is 0 Å². The Morgan fingerprint density at radius 1 is 1.44 bits per heavy atom. The molecule has 2 rings (SSSR count). The largest absolute Gasteiger partial charge is 0.399 e. The van der Waals surface area contributed by atoms with Crippen LogP contribution in [-0.2, 0) is 11.3 Å². The van der Waals surface area contributed by atoms with Gasteiger partial charge in [0.05, 0.1) is 0 Å². The van der Waals surface area contributed by atoms with Crippen LogP contribution in [0.1, 0.15) is 5.82 Å². The normalized spacial score (nSPS) is 10.6. The first-order valence-electron chi connectivity index (χ1n) is 4.57.